The monoisotopic (exact) mass is 369 g/mol. The van der Waals surface area contributed by atoms with E-state index in [1.54, 1.807) is 11.8 Å². The van der Waals surface area contributed by atoms with Gasteiger partial charge in [-0.2, -0.15) is 0 Å². The first-order chi connectivity index (χ1) is 13.0. The molecule has 0 aliphatic carbocycles. The van der Waals surface area contributed by atoms with Crippen LogP contribution in [0.2, 0.25) is 0 Å². The fraction of sp³-hybridized carbons (Fsp3) is 0.333. The Morgan fingerprint density at radius 3 is 2.81 bits per heavy atom. The number of rotatable bonds is 7. The summed E-state index contributed by atoms with van der Waals surface area (Å²) in [6.07, 6.45) is -0.107. The van der Waals surface area contributed by atoms with Gasteiger partial charge in [-0.25, -0.2) is 4.79 Å². The fourth-order valence-corrected chi connectivity index (χ4v) is 2.93. The number of hydrogen-bond acceptors (Lipinski definition) is 5. The molecule has 27 heavy (non-hydrogen) atoms. The van der Waals surface area contributed by atoms with Crippen molar-refractivity contribution in [2.45, 2.75) is 26.8 Å². The molecular formula is C21H23NO5. The van der Waals surface area contributed by atoms with Crippen molar-refractivity contribution in [3.8, 4) is 11.5 Å². The summed E-state index contributed by atoms with van der Waals surface area (Å²) in [6, 6.07) is 13.2. The molecule has 1 amide bonds. The predicted molar refractivity (Wildman–Crippen MR) is 99.8 cm³/mol. The summed E-state index contributed by atoms with van der Waals surface area (Å²) in [6.45, 7) is 5.55. The maximum absolute atomic E-state index is 11.8. The van der Waals surface area contributed by atoms with Crippen LogP contribution >= 0.6 is 0 Å². The zero-order valence-corrected chi connectivity index (χ0v) is 15.6. The van der Waals surface area contributed by atoms with Gasteiger partial charge in [0.2, 0.25) is 0 Å². The Hall–Kier alpha value is -3.02. The largest absolute Gasteiger partial charge is 0.466 e. The van der Waals surface area contributed by atoms with E-state index in [4.69, 9.17) is 14.2 Å². The van der Waals surface area contributed by atoms with Crippen LogP contribution in [0, 0.1) is 6.92 Å². The number of esters is 1. The Morgan fingerprint density at radius 1 is 1.22 bits per heavy atom. The second-order valence-corrected chi connectivity index (χ2v) is 6.38. The van der Waals surface area contributed by atoms with Crippen LogP contribution in [-0.2, 0) is 27.2 Å². The van der Waals surface area contributed by atoms with Gasteiger partial charge in [0, 0.05) is 5.56 Å². The lowest BCUT2D eigenvalue weighted by atomic mass is 10.1. The van der Waals surface area contributed by atoms with E-state index in [-0.39, 0.29) is 18.5 Å². The first-order valence-electron chi connectivity index (χ1n) is 8.99. The number of ether oxygens (including phenoxy) is 3. The van der Waals surface area contributed by atoms with Crippen LogP contribution in [0.1, 0.15) is 23.6 Å². The summed E-state index contributed by atoms with van der Waals surface area (Å²) in [4.78, 5) is 25.1. The molecule has 142 valence electrons. The molecule has 0 unspecified atom stereocenters. The van der Waals surface area contributed by atoms with E-state index >= 15 is 0 Å². The number of benzene rings is 2. The molecule has 6 heteroatoms. The Kier molecular flexibility index (Phi) is 5.96. The Labute approximate surface area is 158 Å². The minimum Gasteiger partial charge on any atom is -0.466 e. The number of carbonyl (C=O) groups excluding carboxylic acids is 2. The molecule has 1 heterocycles. The second kappa shape index (κ2) is 8.58. The molecule has 0 spiro atoms. The zero-order chi connectivity index (χ0) is 19.2. The van der Waals surface area contributed by atoms with Gasteiger partial charge >= 0.3 is 12.1 Å². The molecule has 1 aliphatic rings. The zero-order valence-electron chi connectivity index (χ0n) is 15.6. The Bertz CT molecular complexity index is 833. The summed E-state index contributed by atoms with van der Waals surface area (Å²) in [5.74, 6) is 1.04. The number of aryl methyl sites for hydroxylation is 1. The van der Waals surface area contributed by atoms with Crippen molar-refractivity contribution in [2.75, 3.05) is 19.8 Å². The highest BCUT2D eigenvalue weighted by atomic mass is 16.6. The molecule has 1 saturated heterocycles. The quantitative estimate of drug-likeness (QED) is 0.694. The molecule has 0 radical (unpaired) electrons. The molecule has 0 aromatic heterocycles. The molecule has 2 aromatic carbocycles. The van der Waals surface area contributed by atoms with E-state index < -0.39 is 0 Å². The van der Waals surface area contributed by atoms with Crippen LogP contribution in [0.3, 0.4) is 0 Å². The normalized spacial score (nSPS) is 13.4. The summed E-state index contributed by atoms with van der Waals surface area (Å²) in [5.41, 5.74) is 2.81. The lowest BCUT2D eigenvalue weighted by molar-refractivity contribution is -0.142. The van der Waals surface area contributed by atoms with Gasteiger partial charge in [0.15, 0.2) is 0 Å². The standard InChI is InChI=1S/C21H23NO5/c1-3-25-20(23)13-16-5-4-6-18(12-16)27-19-8-7-15(2)11-17(19)14-22-9-10-26-21(22)24/h4-8,11-12H,3,9-10,13-14H2,1-2H3. The van der Waals surface area contributed by atoms with Gasteiger partial charge in [-0.1, -0.05) is 29.8 Å². The van der Waals surface area contributed by atoms with Gasteiger partial charge in [-0.05, 0) is 37.6 Å². The van der Waals surface area contributed by atoms with E-state index in [1.165, 1.54) is 0 Å². The maximum Gasteiger partial charge on any atom is 0.410 e. The van der Waals surface area contributed by atoms with Crippen molar-refractivity contribution in [1.82, 2.24) is 4.90 Å². The third kappa shape index (κ3) is 5.00. The van der Waals surface area contributed by atoms with Crippen LogP contribution in [0.5, 0.6) is 11.5 Å². The average molecular weight is 369 g/mol. The molecule has 0 N–H and O–H groups in total. The number of nitrogens with zero attached hydrogens (tertiary/aromatic N) is 1. The van der Waals surface area contributed by atoms with Gasteiger partial charge in [-0.3, -0.25) is 4.79 Å². The highest BCUT2D eigenvalue weighted by Gasteiger charge is 2.23. The summed E-state index contributed by atoms with van der Waals surface area (Å²) >= 11 is 0. The molecule has 1 fully saturated rings. The summed E-state index contributed by atoms with van der Waals surface area (Å²) in [7, 11) is 0. The van der Waals surface area contributed by atoms with E-state index in [9.17, 15) is 9.59 Å². The molecule has 2 aromatic rings. The van der Waals surface area contributed by atoms with Crippen LogP contribution in [0.4, 0.5) is 4.79 Å². The van der Waals surface area contributed by atoms with Crippen LogP contribution < -0.4 is 4.74 Å². The Morgan fingerprint density at radius 2 is 2.07 bits per heavy atom. The van der Waals surface area contributed by atoms with Crippen molar-refractivity contribution in [3.05, 3.63) is 59.2 Å². The van der Waals surface area contributed by atoms with Crippen molar-refractivity contribution in [1.29, 1.82) is 0 Å². The topological polar surface area (TPSA) is 65.1 Å². The van der Waals surface area contributed by atoms with E-state index in [2.05, 4.69) is 0 Å². The molecule has 3 rings (SSSR count). The predicted octanol–water partition coefficient (Wildman–Crippen LogP) is 3.85. The van der Waals surface area contributed by atoms with Crippen LogP contribution in [0.25, 0.3) is 0 Å². The number of hydrogen-bond donors (Lipinski definition) is 0. The van der Waals surface area contributed by atoms with Gasteiger partial charge in [-0.15, -0.1) is 0 Å². The van der Waals surface area contributed by atoms with E-state index in [0.29, 0.717) is 37.8 Å². The van der Waals surface area contributed by atoms with Crippen LogP contribution in [-0.4, -0.2) is 36.7 Å². The van der Waals surface area contributed by atoms with Gasteiger partial charge < -0.3 is 19.1 Å². The number of amides is 1. The summed E-state index contributed by atoms with van der Waals surface area (Å²) < 4.78 is 16.1. The highest BCUT2D eigenvalue weighted by Crippen LogP contribution is 2.28. The van der Waals surface area contributed by atoms with Crippen molar-refractivity contribution < 1.29 is 23.8 Å². The van der Waals surface area contributed by atoms with Crippen molar-refractivity contribution >= 4 is 12.1 Å². The third-order valence-corrected chi connectivity index (χ3v) is 4.20. The minimum absolute atomic E-state index is 0.200. The molecule has 0 bridgehead atoms. The van der Waals surface area contributed by atoms with Gasteiger partial charge in [0.1, 0.15) is 18.1 Å². The maximum atomic E-state index is 11.8. The Balaban J connectivity index is 1.77. The van der Waals surface area contributed by atoms with Crippen LogP contribution in [0.15, 0.2) is 42.5 Å². The number of cyclic esters (lactones) is 1. The lowest BCUT2D eigenvalue weighted by Crippen LogP contribution is -2.23. The van der Waals surface area contributed by atoms with Gasteiger partial charge in [0.05, 0.1) is 26.1 Å². The molecular weight excluding hydrogens is 346 g/mol. The third-order valence-electron chi connectivity index (χ3n) is 4.20. The summed E-state index contributed by atoms with van der Waals surface area (Å²) in [5, 5.41) is 0. The van der Waals surface area contributed by atoms with E-state index in [1.807, 2.05) is 49.4 Å². The van der Waals surface area contributed by atoms with Crippen molar-refractivity contribution in [2.24, 2.45) is 0 Å². The highest BCUT2D eigenvalue weighted by molar-refractivity contribution is 5.72. The number of carbonyl (C=O) groups is 2. The first kappa shape index (κ1) is 18.8. The molecule has 6 nitrogen and oxygen atoms in total. The minimum atomic E-state index is -0.307. The smallest absolute Gasteiger partial charge is 0.410 e. The molecule has 0 saturated carbocycles. The lowest BCUT2D eigenvalue weighted by Gasteiger charge is -2.17. The van der Waals surface area contributed by atoms with E-state index in [0.717, 1.165) is 16.7 Å². The molecule has 0 atom stereocenters. The first-order valence-corrected chi connectivity index (χ1v) is 8.99. The molecule has 1 aliphatic heterocycles. The van der Waals surface area contributed by atoms with Crippen molar-refractivity contribution in [3.63, 3.8) is 0 Å². The fourth-order valence-electron chi connectivity index (χ4n) is 2.93. The second-order valence-electron chi connectivity index (χ2n) is 6.38. The SMILES string of the molecule is CCOC(=O)Cc1cccc(Oc2ccc(C)cc2CN2CCOC2=O)c1. The van der Waals surface area contributed by atoms with Gasteiger partial charge in [0.25, 0.3) is 0 Å². The average Bonchev–Trinajstić information content (AvgIpc) is 3.03.